The lowest BCUT2D eigenvalue weighted by atomic mass is 10.2. The summed E-state index contributed by atoms with van der Waals surface area (Å²) in [4.78, 5) is 0. The van der Waals surface area contributed by atoms with Gasteiger partial charge in [-0.25, -0.2) is 0 Å². The summed E-state index contributed by atoms with van der Waals surface area (Å²) in [5, 5.41) is 7.24. The van der Waals surface area contributed by atoms with Gasteiger partial charge in [0, 0.05) is 12.7 Å². The fourth-order valence-corrected chi connectivity index (χ4v) is 0.982. The molecule has 2 heterocycles. The van der Waals surface area contributed by atoms with Gasteiger partial charge in [0.2, 0.25) is 0 Å². The van der Waals surface area contributed by atoms with Crippen LogP contribution in [0.3, 0.4) is 0 Å². The highest BCUT2D eigenvalue weighted by Gasteiger charge is 2.08. The number of hydrogen-bond donors (Lipinski definition) is 1. The molecule has 2 nitrogen and oxygen atoms in total. The van der Waals surface area contributed by atoms with Crippen molar-refractivity contribution in [3.63, 3.8) is 0 Å². The summed E-state index contributed by atoms with van der Waals surface area (Å²) in [5.74, 6) is 0. The smallest absolute Gasteiger partial charge is 0.0694 e. The molecule has 0 aromatic rings. The van der Waals surface area contributed by atoms with Crippen LogP contribution < -0.4 is 10.6 Å². The Morgan fingerprint density at radius 2 is 2.44 bits per heavy atom. The number of dihydropyridines is 1. The number of nitrogens with zero attached hydrogens (tertiary/aromatic N) is 1. The first kappa shape index (κ1) is 4.68. The molecule has 0 aromatic heterocycles. The van der Waals surface area contributed by atoms with E-state index in [2.05, 4.69) is 10.6 Å². The second-order valence-corrected chi connectivity index (χ2v) is 2.07. The van der Waals surface area contributed by atoms with Crippen LogP contribution in [-0.4, -0.2) is 6.54 Å². The van der Waals surface area contributed by atoms with Crippen molar-refractivity contribution >= 4 is 0 Å². The quantitative estimate of drug-likeness (QED) is 0.493. The number of allylic oxidation sites excluding steroid dienone is 1. The third-order valence-corrected chi connectivity index (χ3v) is 1.47. The van der Waals surface area contributed by atoms with Crippen molar-refractivity contribution < 1.29 is 0 Å². The zero-order valence-corrected chi connectivity index (χ0v) is 4.96. The Morgan fingerprint density at radius 1 is 1.44 bits per heavy atom. The third-order valence-electron chi connectivity index (χ3n) is 1.47. The second kappa shape index (κ2) is 1.65. The van der Waals surface area contributed by atoms with Crippen LogP contribution >= 0.6 is 0 Å². The summed E-state index contributed by atoms with van der Waals surface area (Å²) < 4.78 is 0. The molecule has 2 rings (SSSR count). The number of nitrogens with one attached hydrogen (secondary N) is 1. The normalized spacial score (nSPS) is 21.3. The molecule has 1 radical (unpaired) electrons. The largest absolute Gasteiger partial charge is 0.387 e. The Morgan fingerprint density at radius 3 is 3.33 bits per heavy atom. The van der Waals surface area contributed by atoms with Crippen molar-refractivity contribution in [2.24, 2.45) is 0 Å². The van der Waals surface area contributed by atoms with E-state index in [1.165, 1.54) is 5.57 Å². The highest BCUT2D eigenvalue weighted by Crippen LogP contribution is 2.13. The SMILES string of the molecule is C1=CC2=C(C=CNC2)[N]1. The molecule has 1 N–H and O–H groups in total. The predicted octanol–water partition coefficient (Wildman–Crippen LogP) is 0.489. The van der Waals surface area contributed by atoms with Crippen LogP contribution in [0.2, 0.25) is 0 Å². The average molecular weight is 119 g/mol. The molecule has 2 aliphatic heterocycles. The van der Waals surface area contributed by atoms with Crippen molar-refractivity contribution in [2.45, 2.75) is 0 Å². The Bertz CT molecular complexity index is 211. The van der Waals surface area contributed by atoms with Gasteiger partial charge < -0.3 is 5.32 Å². The van der Waals surface area contributed by atoms with Crippen molar-refractivity contribution in [3.8, 4) is 0 Å². The molecule has 0 aliphatic carbocycles. The van der Waals surface area contributed by atoms with E-state index in [9.17, 15) is 0 Å². The minimum atomic E-state index is 0.922. The maximum Gasteiger partial charge on any atom is 0.0694 e. The van der Waals surface area contributed by atoms with Gasteiger partial charge in [-0.2, -0.15) is 0 Å². The minimum Gasteiger partial charge on any atom is -0.387 e. The zero-order valence-electron chi connectivity index (χ0n) is 4.96. The van der Waals surface area contributed by atoms with E-state index >= 15 is 0 Å². The lowest BCUT2D eigenvalue weighted by Crippen LogP contribution is -2.13. The van der Waals surface area contributed by atoms with Gasteiger partial charge >= 0.3 is 0 Å². The zero-order chi connectivity index (χ0) is 6.10. The topological polar surface area (TPSA) is 26.1 Å². The first-order valence-corrected chi connectivity index (χ1v) is 2.97. The molecule has 0 spiro atoms. The first-order valence-electron chi connectivity index (χ1n) is 2.97. The Balaban J connectivity index is 2.35. The van der Waals surface area contributed by atoms with E-state index in [4.69, 9.17) is 0 Å². The van der Waals surface area contributed by atoms with Crippen LogP contribution in [0.15, 0.2) is 35.8 Å². The van der Waals surface area contributed by atoms with Gasteiger partial charge in [0.05, 0.1) is 5.70 Å². The van der Waals surface area contributed by atoms with Crippen molar-refractivity contribution in [1.82, 2.24) is 10.6 Å². The molecule has 0 amide bonds. The van der Waals surface area contributed by atoms with Gasteiger partial charge in [0.1, 0.15) is 0 Å². The molecule has 0 aromatic carbocycles. The van der Waals surface area contributed by atoms with E-state index < -0.39 is 0 Å². The van der Waals surface area contributed by atoms with Gasteiger partial charge in [-0.3, -0.25) is 5.32 Å². The first-order chi connectivity index (χ1) is 4.47. The van der Waals surface area contributed by atoms with Crippen LogP contribution in [0, 0.1) is 0 Å². The molecule has 2 heteroatoms. The van der Waals surface area contributed by atoms with E-state index in [0.29, 0.717) is 0 Å². The maximum absolute atomic E-state index is 4.13. The molecule has 45 valence electrons. The molecular formula is C7H7N2. The van der Waals surface area contributed by atoms with Crippen LogP contribution in [0.5, 0.6) is 0 Å². The van der Waals surface area contributed by atoms with Crippen LogP contribution in [0.4, 0.5) is 0 Å². The van der Waals surface area contributed by atoms with E-state index in [-0.39, 0.29) is 0 Å². The lowest BCUT2D eigenvalue weighted by Gasteiger charge is -2.06. The van der Waals surface area contributed by atoms with Crippen LogP contribution in [-0.2, 0) is 0 Å². The Kier molecular flexibility index (Phi) is 0.859. The second-order valence-electron chi connectivity index (χ2n) is 2.07. The molecular weight excluding hydrogens is 112 g/mol. The van der Waals surface area contributed by atoms with E-state index in [1.807, 2.05) is 24.6 Å². The van der Waals surface area contributed by atoms with Crippen molar-refractivity contribution in [3.05, 3.63) is 35.8 Å². The lowest BCUT2D eigenvalue weighted by molar-refractivity contribution is 0.913. The standard InChI is InChI=1S/C7H7N2/c1-4-9-7-2-3-8-5-6(1)7/h1-4,8H,5H2. The molecule has 0 fully saturated rings. The molecule has 0 saturated heterocycles. The molecule has 0 saturated carbocycles. The van der Waals surface area contributed by atoms with E-state index in [0.717, 1.165) is 12.2 Å². The van der Waals surface area contributed by atoms with Crippen molar-refractivity contribution in [2.75, 3.05) is 6.54 Å². The molecule has 0 atom stereocenters. The summed E-state index contributed by atoms with van der Waals surface area (Å²) in [6, 6.07) is 0. The van der Waals surface area contributed by atoms with Gasteiger partial charge in [-0.15, -0.1) is 0 Å². The highest BCUT2D eigenvalue weighted by molar-refractivity contribution is 5.40. The summed E-state index contributed by atoms with van der Waals surface area (Å²) in [7, 11) is 0. The molecule has 0 unspecified atom stereocenters. The maximum atomic E-state index is 4.13. The Hall–Kier alpha value is -1.18. The van der Waals surface area contributed by atoms with Crippen molar-refractivity contribution in [1.29, 1.82) is 0 Å². The van der Waals surface area contributed by atoms with Gasteiger partial charge in [0.15, 0.2) is 0 Å². The summed E-state index contributed by atoms with van der Waals surface area (Å²) in [6.45, 7) is 0.922. The summed E-state index contributed by atoms with van der Waals surface area (Å²) in [5.41, 5.74) is 2.39. The fourth-order valence-electron chi connectivity index (χ4n) is 0.982. The van der Waals surface area contributed by atoms with Gasteiger partial charge in [0.25, 0.3) is 0 Å². The summed E-state index contributed by atoms with van der Waals surface area (Å²) >= 11 is 0. The number of hydrogen-bond acceptors (Lipinski definition) is 1. The minimum absolute atomic E-state index is 0.922. The van der Waals surface area contributed by atoms with Gasteiger partial charge in [-0.1, -0.05) is 0 Å². The highest BCUT2D eigenvalue weighted by atomic mass is 14.9. The van der Waals surface area contributed by atoms with Crippen LogP contribution in [0.25, 0.3) is 0 Å². The van der Waals surface area contributed by atoms with Gasteiger partial charge in [-0.05, 0) is 23.9 Å². The fraction of sp³-hybridized carbons (Fsp3) is 0.143. The molecule has 0 bridgehead atoms. The molecule has 9 heavy (non-hydrogen) atoms. The third kappa shape index (κ3) is 0.633. The van der Waals surface area contributed by atoms with E-state index in [1.54, 1.807) is 0 Å². The number of rotatable bonds is 0. The average Bonchev–Trinajstić information content (AvgIpc) is 2.33. The Labute approximate surface area is 53.9 Å². The monoisotopic (exact) mass is 119 g/mol. The van der Waals surface area contributed by atoms with Crippen LogP contribution in [0.1, 0.15) is 0 Å². The molecule has 2 aliphatic rings. The summed E-state index contributed by atoms with van der Waals surface area (Å²) in [6.07, 6.45) is 7.78. The predicted molar refractivity (Wildman–Crippen MR) is 35.4 cm³/mol.